The molecule has 20 heavy (non-hydrogen) atoms. The van der Waals surface area contributed by atoms with Crippen molar-refractivity contribution < 1.29 is 9.66 Å². The lowest BCUT2D eigenvalue weighted by molar-refractivity contribution is -0.384. The van der Waals surface area contributed by atoms with E-state index in [9.17, 15) is 10.1 Å². The number of non-ortho nitro benzene ring substituents is 1. The van der Waals surface area contributed by atoms with Crippen molar-refractivity contribution in [1.29, 1.82) is 0 Å². The Kier molecular flexibility index (Phi) is 4.50. The molecule has 1 N–H and O–H groups in total. The van der Waals surface area contributed by atoms with Gasteiger partial charge in [0.2, 0.25) is 0 Å². The summed E-state index contributed by atoms with van der Waals surface area (Å²) in [7, 11) is 0. The van der Waals surface area contributed by atoms with Crippen molar-refractivity contribution >= 4 is 23.0 Å². The Labute approximate surface area is 123 Å². The van der Waals surface area contributed by atoms with Crippen LogP contribution in [0, 0.1) is 10.1 Å². The molecule has 1 aromatic carbocycles. The molecule has 2 atom stereocenters. The van der Waals surface area contributed by atoms with E-state index in [-0.39, 0.29) is 17.3 Å². The highest BCUT2D eigenvalue weighted by Gasteiger charge is 2.31. The molecule has 0 aliphatic carbocycles. The van der Waals surface area contributed by atoms with Crippen LogP contribution in [0.2, 0.25) is 5.02 Å². The van der Waals surface area contributed by atoms with E-state index < -0.39 is 4.92 Å². The number of rotatable bonds is 4. The molecule has 2 rings (SSSR count). The second-order valence-electron chi connectivity index (χ2n) is 5.41. The zero-order valence-corrected chi connectivity index (χ0v) is 12.4. The summed E-state index contributed by atoms with van der Waals surface area (Å²) in [6.07, 6.45) is 2.67. The quantitative estimate of drug-likeness (QED) is 0.674. The Bertz CT molecular complexity index is 509. The number of halogens is 1. The van der Waals surface area contributed by atoms with Crippen LogP contribution in [0.1, 0.15) is 33.1 Å². The van der Waals surface area contributed by atoms with Gasteiger partial charge in [0.25, 0.3) is 5.69 Å². The summed E-state index contributed by atoms with van der Waals surface area (Å²) < 4.78 is 5.79. The molecule has 0 radical (unpaired) electrons. The maximum atomic E-state index is 10.8. The molecule has 0 spiro atoms. The lowest BCUT2D eigenvalue weighted by Gasteiger charge is -2.38. The highest BCUT2D eigenvalue weighted by Crippen LogP contribution is 2.32. The zero-order valence-electron chi connectivity index (χ0n) is 11.7. The van der Waals surface area contributed by atoms with E-state index in [0.717, 1.165) is 19.3 Å². The molecular formula is C14H19ClN2O3. The third-order valence-corrected chi connectivity index (χ3v) is 4.19. The average Bonchev–Trinajstić information content (AvgIpc) is 2.41. The van der Waals surface area contributed by atoms with Crippen LogP contribution in [-0.2, 0) is 4.74 Å². The van der Waals surface area contributed by atoms with Crippen molar-refractivity contribution in [3.8, 4) is 0 Å². The van der Waals surface area contributed by atoms with Gasteiger partial charge >= 0.3 is 0 Å². The van der Waals surface area contributed by atoms with Crippen LogP contribution in [0.25, 0.3) is 0 Å². The van der Waals surface area contributed by atoms with Crippen molar-refractivity contribution in [2.24, 2.45) is 0 Å². The van der Waals surface area contributed by atoms with Crippen LogP contribution in [0.5, 0.6) is 0 Å². The fourth-order valence-electron chi connectivity index (χ4n) is 2.46. The minimum atomic E-state index is -0.415. The number of nitro benzene ring substituents is 1. The van der Waals surface area contributed by atoms with E-state index in [4.69, 9.17) is 16.3 Å². The van der Waals surface area contributed by atoms with Gasteiger partial charge in [0.05, 0.1) is 21.2 Å². The molecule has 1 aliphatic rings. The van der Waals surface area contributed by atoms with Crippen LogP contribution in [-0.4, -0.2) is 23.2 Å². The van der Waals surface area contributed by atoms with Crippen LogP contribution in [0.15, 0.2) is 18.2 Å². The largest absolute Gasteiger partial charge is 0.381 e. The van der Waals surface area contributed by atoms with Gasteiger partial charge < -0.3 is 10.1 Å². The fourth-order valence-corrected chi connectivity index (χ4v) is 2.63. The SMILES string of the molecule is CCC1(C)CC(Nc2cc([N+](=O)[O-])ccc2Cl)CCO1. The highest BCUT2D eigenvalue weighted by atomic mass is 35.5. The molecule has 5 nitrogen and oxygen atoms in total. The third-order valence-electron chi connectivity index (χ3n) is 3.86. The molecule has 1 heterocycles. The van der Waals surface area contributed by atoms with Crippen LogP contribution < -0.4 is 5.32 Å². The van der Waals surface area contributed by atoms with Gasteiger partial charge in [0, 0.05) is 24.8 Å². The number of ether oxygens (including phenoxy) is 1. The molecule has 2 unspecified atom stereocenters. The number of hydrogen-bond acceptors (Lipinski definition) is 4. The number of nitrogens with one attached hydrogen (secondary N) is 1. The molecular weight excluding hydrogens is 280 g/mol. The third kappa shape index (κ3) is 3.41. The predicted octanol–water partition coefficient (Wildman–Crippen LogP) is 4.01. The summed E-state index contributed by atoms with van der Waals surface area (Å²) in [4.78, 5) is 10.4. The standard InChI is InChI=1S/C14H19ClN2O3/c1-3-14(2)9-10(6-7-20-14)16-13-8-11(17(18)19)4-5-12(13)15/h4-5,8,10,16H,3,6-7,9H2,1-2H3. The number of anilines is 1. The zero-order chi connectivity index (χ0) is 14.8. The highest BCUT2D eigenvalue weighted by molar-refractivity contribution is 6.33. The smallest absolute Gasteiger partial charge is 0.271 e. The Morgan fingerprint density at radius 3 is 3.00 bits per heavy atom. The van der Waals surface area contributed by atoms with Crippen molar-refractivity contribution in [2.45, 2.75) is 44.8 Å². The van der Waals surface area contributed by atoms with Gasteiger partial charge in [-0.05, 0) is 32.3 Å². The number of benzene rings is 1. The summed E-state index contributed by atoms with van der Waals surface area (Å²) in [5.74, 6) is 0. The molecule has 0 amide bonds. The van der Waals surface area contributed by atoms with E-state index in [1.807, 2.05) is 0 Å². The van der Waals surface area contributed by atoms with Gasteiger partial charge in [-0.3, -0.25) is 10.1 Å². The van der Waals surface area contributed by atoms with Crippen molar-refractivity contribution in [3.63, 3.8) is 0 Å². The first-order valence-corrected chi connectivity index (χ1v) is 7.16. The Morgan fingerprint density at radius 1 is 1.60 bits per heavy atom. The van der Waals surface area contributed by atoms with Crippen LogP contribution >= 0.6 is 11.6 Å². The van der Waals surface area contributed by atoms with Gasteiger partial charge in [-0.2, -0.15) is 0 Å². The first-order valence-electron chi connectivity index (χ1n) is 6.78. The molecule has 1 aliphatic heterocycles. The molecule has 0 aromatic heterocycles. The Morgan fingerprint density at radius 2 is 2.35 bits per heavy atom. The lowest BCUT2D eigenvalue weighted by atomic mass is 9.90. The summed E-state index contributed by atoms with van der Waals surface area (Å²) in [5.41, 5.74) is 0.525. The molecule has 6 heteroatoms. The first-order chi connectivity index (χ1) is 9.43. The van der Waals surface area contributed by atoms with Gasteiger partial charge in [-0.25, -0.2) is 0 Å². The van der Waals surface area contributed by atoms with Gasteiger partial charge in [0.1, 0.15) is 0 Å². The molecule has 1 fully saturated rings. The fraction of sp³-hybridized carbons (Fsp3) is 0.571. The minimum absolute atomic E-state index is 0.0437. The topological polar surface area (TPSA) is 64.4 Å². The van der Waals surface area contributed by atoms with Crippen molar-refractivity contribution in [2.75, 3.05) is 11.9 Å². The van der Waals surface area contributed by atoms with Gasteiger partial charge in [-0.1, -0.05) is 18.5 Å². The summed E-state index contributed by atoms with van der Waals surface area (Å²) in [5, 5.41) is 14.6. The molecule has 1 aromatic rings. The average molecular weight is 299 g/mol. The van der Waals surface area contributed by atoms with E-state index in [1.165, 1.54) is 12.1 Å². The summed E-state index contributed by atoms with van der Waals surface area (Å²) >= 11 is 6.11. The second-order valence-corrected chi connectivity index (χ2v) is 5.81. The van der Waals surface area contributed by atoms with E-state index in [0.29, 0.717) is 17.3 Å². The van der Waals surface area contributed by atoms with Gasteiger partial charge in [0.15, 0.2) is 0 Å². The number of hydrogen-bond donors (Lipinski definition) is 1. The maximum Gasteiger partial charge on any atom is 0.271 e. The molecule has 0 saturated carbocycles. The summed E-state index contributed by atoms with van der Waals surface area (Å²) in [6, 6.07) is 4.67. The second kappa shape index (κ2) is 5.97. The first kappa shape index (κ1) is 15.1. The normalized spacial score (nSPS) is 26.2. The predicted molar refractivity (Wildman–Crippen MR) is 79.4 cm³/mol. The maximum absolute atomic E-state index is 10.8. The Balaban J connectivity index is 2.13. The van der Waals surface area contributed by atoms with Gasteiger partial charge in [-0.15, -0.1) is 0 Å². The number of nitro groups is 1. The molecule has 0 bridgehead atoms. The van der Waals surface area contributed by atoms with E-state index in [2.05, 4.69) is 19.2 Å². The number of nitrogens with zero attached hydrogens (tertiary/aromatic N) is 1. The minimum Gasteiger partial charge on any atom is -0.381 e. The van der Waals surface area contributed by atoms with Crippen LogP contribution in [0.3, 0.4) is 0 Å². The van der Waals surface area contributed by atoms with Crippen molar-refractivity contribution in [1.82, 2.24) is 0 Å². The molecule has 1 saturated heterocycles. The van der Waals surface area contributed by atoms with E-state index >= 15 is 0 Å². The Hall–Kier alpha value is -1.33. The van der Waals surface area contributed by atoms with Crippen LogP contribution in [0.4, 0.5) is 11.4 Å². The lowest BCUT2D eigenvalue weighted by Crippen LogP contribution is -2.41. The monoisotopic (exact) mass is 298 g/mol. The summed E-state index contributed by atoms with van der Waals surface area (Å²) in [6.45, 7) is 4.88. The molecule has 110 valence electrons. The van der Waals surface area contributed by atoms with Crippen molar-refractivity contribution in [3.05, 3.63) is 33.3 Å². The van der Waals surface area contributed by atoms with E-state index in [1.54, 1.807) is 6.07 Å².